The summed E-state index contributed by atoms with van der Waals surface area (Å²) in [6.07, 6.45) is 2.72. The number of nitrogens with zero attached hydrogens (tertiary/aromatic N) is 4. The second kappa shape index (κ2) is 4.84. The average molecular weight is 267 g/mol. The summed E-state index contributed by atoms with van der Waals surface area (Å²) in [4.78, 5) is 2.26. The first-order chi connectivity index (χ1) is 8.72. The van der Waals surface area contributed by atoms with E-state index in [2.05, 4.69) is 19.7 Å². The van der Waals surface area contributed by atoms with Crippen LogP contribution in [0.4, 0.5) is 0 Å². The smallest absolute Gasteiger partial charge is 0.162 e. The Balaban J connectivity index is 1.71. The molecule has 1 unspecified atom stereocenters. The average Bonchev–Trinajstić information content (AvgIpc) is 2.92. The van der Waals surface area contributed by atoms with Gasteiger partial charge >= 0.3 is 0 Å². The van der Waals surface area contributed by atoms with Crippen molar-refractivity contribution < 1.29 is 5.11 Å². The number of likely N-dealkylation sites (tertiary alicyclic amines) is 1. The predicted octanol–water partition coefficient (Wildman–Crippen LogP) is 1.15. The molecule has 5 nitrogen and oxygen atoms in total. The summed E-state index contributed by atoms with van der Waals surface area (Å²) in [7, 11) is 0. The molecule has 0 amide bonds. The van der Waals surface area contributed by atoms with E-state index in [1.165, 1.54) is 0 Å². The molecule has 2 aromatic rings. The van der Waals surface area contributed by atoms with E-state index in [-0.39, 0.29) is 6.10 Å². The summed E-state index contributed by atoms with van der Waals surface area (Å²) >= 11 is 5.81. The molecule has 0 saturated carbocycles. The number of β-amino-alcohol motifs (C(OH)–C–C–N with tert-alkyl or cyclic N) is 1. The van der Waals surface area contributed by atoms with Gasteiger partial charge in [-0.2, -0.15) is 0 Å². The number of aliphatic hydroxyl groups is 1. The topological polar surface area (TPSA) is 54.2 Å². The minimum absolute atomic E-state index is 0.162. The van der Waals surface area contributed by atoms with Gasteiger partial charge in [-0.05, 0) is 18.6 Å². The van der Waals surface area contributed by atoms with Gasteiger partial charge in [0.25, 0.3) is 0 Å². The lowest BCUT2D eigenvalue weighted by Crippen LogP contribution is -2.26. The van der Waals surface area contributed by atoms with E-state index >= 15 is 0 Å². The largest absolute Gasteiger partial charge is 0.392 e. The second-order valence-electron chi connectivity index (χ2n) is 4.70. The number of hydrogen-bond donors (Lipinski definition) is 1. The highest BCUT2D eigenvalue weighted by atomic mass is 35.5. The summed E-state index contributed by atoms with van der Waals surface area (Å²) < 4.78 is 2.07. The number of halogens is 1. The van der Waals surface area contributed by atoms with Gasteiger partial charge in [-0.3, -0.25) is 4.90 Å². The molecule has 1 aliphatic rings. The molecule has 0 radical (unpaired) electrons. The van der Waals surface area contributed by atoms with Gasteiger partial charge in [-0.15, -0.1) is 10.2 Å². The molecule has 0 bridgehead atoms. The van der Waals surface area contributed by atoms with Crippen LogP contribution in [-0.2, 0) is 6.54 Å². The third-order valence-electron chi connectivity index (χ3n) is 3.38. The maximum atomic E-state index is 9.47. The monoisotopic (exact) mass is 266 g/mol. The summed E-state index contributed by atoms with van der Waals surface area (Å²) in [5.74, 6) is 0. The Morgan fingerprint density at radius 2 is 2.28 bits per heavy atom. The van der Waals surface area contributed by atoms with Crippen molar-refractivity contribution >= 4 is 22.6 Å². The lowest BCUT2D eigenvalue weighted by Gasteiger charge is -2.15. The van der Waals surface area contributed by atoms with Crippen LogP contribution in [0.25, 0.3) is 11.0 Å². The standard InChI is InChI=1S/C12H15ClN4O/c13-11-7-9-1-4-17(12(9)15-14-11)6-5-16-3-2-10(18)8-16/h1,4,7,10,18H,2-3,5-6,8H2. The first-order valence-corrected chi connectivity index (χ1v) is 6.48. The molecule has 1 atom stereocenters. The Morgan fingerprint density at radius 3 is 3.06 bits per heavy atom. The summed E-state index contributed by atoms with van der Waals surface area (Å²) in [6, 6.07) is 3.81. The Labute approximate surface area is 110 Å². The zero-order valence-corrected chi connectivity index (χ0v) is 10.7. The van der Waals surface area contributed by atoms with Gasteiger partial charge in [-0.25, -0.2) is 0 Å². The highest BCUT2D eigenvalue weighted by Crippen LogP contribution is 2.16. The molecule has 2 aromatic heterocycles. The van der Waals surface area contributed by atoms with E-state index in [1.807, 2.05) is 18.3 Å². The molecular weight excluding hydrogens is 252 g/mol. The number of fused-ring (bicyclic) bond motifs is 1. The first-order valence-electron chi connectivity index (χ1n) is 6.11. The predicted molar refractivity (Wildman–Crippen MR) is 69.6 cm³/mol. The molecule has 1 saturated heterocycles. The number of aromatic nitrogens is 3. The number of hydrogen-bond acceptors (Lipinski definition) is 4. The number of rotatable bonds is 3. The van der Waals surface area contributed by atoms with E-state index in [0.29, 0.717) is 5.15 Å². The highest BCUT2D eigenvalue weighted by molar-refractivity contribution is 6.29. The van der Waals surface area contributed by atoms with Crippen molar-refractivity contribution in [2.45, 2.75) is 19.1 Å². The van der Waals surface area contributed by atoms with Crippen molar-refractivity contribution in [3.05, 3.63) is 23.5 Å². The summed E-state index contributed by atoms with van der Waals surface area (Å²) in [6.45, 7) is 3.52. The molecule has 1 N–H and O–H groups in total. The van der Waals surface area contributed by atoms with Gasteiger partial charge in [0.1, 0.15) is 0 Å². The van der Waals surface area contributed by atoms with Gasteiger partial charge < -0.3 is 9.67 Å². The van der Waals surface area contributed by atoms with Gasteiger partial charge in [-0.1, -0.05) is 11.6 Å². The van der Waals surface area contributed by atoms with Gasteiger partial charge in [0.05, 0.1) is 6.10 Å². The Morgan fingerprint density at radius 1 is 1.39 bits per heavy atom. The fourth-order valence-corrected chi connectivity index (χ4v) is 2.56. The van der Waals surface area contributed by atoms with Gasteiger partial charge in [0.2, 0.25) is 0 Å². The second-order valence-corrected chi connectivity index (χ2v) is 5.09. The van der Waals surface area contributed by atoms with E-state index in [9.17, 15) is 5.11 Å². The fraction of sp³-hybridized carbons (Fsp3) is 0.500. The normalized spacial score (nSPS) is 20.9. The van der Waals surface area contributed by atoms with Crippen molar-refractivity contribution in [1.29, 1.82) is 0 Å². The van der Waals surface area contributed by atoms with E-state index in [1.54, 1.807) is 0 Å². The van der Waals surface area contributed by atoms with Crippen molar-refractivity contribution in [2.24, 2.45) is 0 Å². The van der Waals surface area contributed by atoms with Crippen molar-refractivity contribution in [1.82, 2.24) is 19.7 Å². The Kier molecular flexibility index (Phi) is 3.20. The molecule has 3 heterocycles. The SMILES string of the molecule is OC1CCN(CCn2ccc3cc(Cl)nnc32)C1. The fourth-order valence-electron chi connectivity index (χ4n) is 2.41. The summed E-state index contributed by atoms with van der Waals surface area (Å²) in [5.41, 5.74) is 0.860. The van der Waals surface area contributed by atoms with E-state index < -0.39 is 0 Å². The highest BCUT2D eigenvalue weighted by Gasteiger charge is 2.19. The maximum Gasteiger partial charge on any atom is 0.162 e. The molecule has 1 aliphatic heterocycles. The lowest BCUT2D eigenvalue weighted by atomic mass is 10.3. The van der Waals surface area contributed by atoms with Crippen LogP contribution in [0.3, 0.4) is 0 Å². The minimum Gasteiger partial charge on any atom is -0.392 e. The minimum atomic E-state index is -0.162. The van der Waals surface area contributed by atoms with Gasteiger partial charge in [0, 0.05) is 37.8 Å². The van der Waals surface area contributed by atoms with Crippen molar-refractivity contribution in [3.63, 3.8) is 0 Å². The molecule has 3 rings (SSSR count). The molecule has 0 spiro atoms. The maximum absolute atomic E-state index is 9.47. The Bertz CT molecular complexity index is 556. The third kappa shape index (κ3) is 2.34. The molecule has 0 aliphatic carbocycles. The van der Waals surface area contributed by atoms with Crippen LogP contribution in [0.2, 0.25) is 5.15 Å². The van der Waals surface area contributed by atoms with E-state index in [4.69, 9.17) is 11.6 Å². The van der Waals surface area contributed by atoms with E-state index in [0.717, 1.165) is 43.6 Å². The Hall–Kier alpha value is -1.17. The quantitative estimate of drug-likeness (QED) is 0.906. The van der Waals surface area contributed by atoms with Gasteiger partial charge in [0.15, 0.2) is 10.8 Å². The zero-order valence-electron chi connectivity index (χ0n) is 9.96. The van der Waals surface area contributed by atoms with Crippen LogP contribution in [0.5, 0.6) is 0 Å². The zero-order chi connectivity index (χ0) is 12.5. The van der Waals surface area contributed by atoms with Crippen LogP contribution < -0.4 is 0 Å². The van der Waals surface area contributed by atoms with Crippen molar-refractivity contribution in [2.75, 3.05) is 19.6 Å². The number of aliphatic hydroxyl groups excluding tert-OH is 1. The third-order valence-corrected chi connectivity index (χ3v) is 3.57. The molecular formula is C12H15ClN4O. The van der Waals surface area contributed by atoms with Crippen LogP contribution >= 0.6 is 11.6 Å². The lowest BCUT2D eigenvalue weighted by molar-refractivity contribution is 0.175. The molecule has 96 valence electrons. The molecule has 18 heavy (non-hydrogen) atoms. The molecule has 6 heteroatoms. The molecule has 0 aromatic carbocycles. The van der Waals surface area contributed by atoms with Crippen LogP contribution in [0, 0.1) is 0 Å². The van der Waals surface area contributed by atoms with Crippen LogP contribution in [-0.4, -0.2) is 50.5 Å². The first kappa shape index (κ1) is 11.9. The van der Waals surface area contributed by atoms with Crippen molar-refractivity contribution in [3.8, 4) is 0 Å². The molecule has 1 fully saturated rings. The van der Waals surface area contributed by atoms with Crippen LogP contribution in [0.15, 0.2) is 18.3 Å². The summed E-state index contributed by atoms with van der Waals surface area (Å²) in [5, 5.41) is 18.9. The van der Waals surface area contributed by atoms with Crippen LogP contribution in [0.1, 0.15) is 6.42 Å².